The summed E-state index contributed by atoms with van der Waals surface area (Å²) in [5.41, 5.74) is 11.4. The summed E-state index contributed by atoms with van der Waals surface area (Å²) in [4.78, 5) is 23.8. The SMILES string of the molecule is NCC1CCC(CNC(=O)C(=O)NCC2CCC(CN)CC2)CC1. The first-order valence-electron chi connectivity index (χ1n) is 9.58. The van der Waals surface area contributed by atoms with Crippen molar-refractivity contribution in [2.24, 2.45) is 35.1 Å². The minimum Gasteiger partial charge on any atom is -0.348 e. The standard InChI is InChI=1S/C18H34N4O2/c19-9-13-1-5-15(6-2-13)11-21-17(23)18(24)22-12-16-7-3-14(10-20)4-8-16/h13-16H,1-12,19-20H2,(H,21,23)(H,22,24). The minimum absolute atomic E-state index is 0.482. The van der Waals surface area contributed by atoms with Gasteiger partial charge in [-0.1, -0.05) is 0 Å². The van der Waals surface area contributed by atoms with E-state index in [1.807, 2.05) is 0 Å². The van der Waals surface area contributed by atoms with Crippen molar-refractivity contribution in [3.8, 4) is 0 Å². The van der Waals surface area contributed by atoms with E-state index in [9.17, 15) is 9.59 Å². The molecule has 2 amide bonds. The number of carbonyl (C=O) groups excluding carboxylic acids is 2. The molecule has 0 aromatic heterocycles. The molecular formula is C18H34N4O2. The first-order valence-corrected chi connectivity index (χ1v) is 9.58. The highest BCUT2D eigenvalue weighted by molar-refractivity contribution is 6.35. The van der Waals surface area contributed by atoms with Gasteiger partial charge in [0, 0.05) is 13.1 Å². The highest BCUT2D eigenvalue weighted by atomic mass is 16.2. The molecule has 0 bridgehead atoms. The highest BCUT2D eigenvalue weighted by Crippen LogP contribution is 2.28. The van der Waals surface area contributed by atoms with Gasteiger partial charge in [-0.25, -0.2) is 0 Å². The average Bonchev–Trinajstić information content (AvgIpc) is 2.64. The maximum atomic E-state index is 11.9. The summed E-state index contributed by atoms with van der Waals surface area (Å²) in [5.74, 6) is 1.24. The molecule has 0 aromatic rings. The van der Waals surface area contributed by atoms with E-state index < -0.39 is 11.8 Å². The van der Waals surface area contributed by atoms with Crippen molar-refractivity contribution in [3.05, 3.63) is 0 Å². The summed E-state index contributed by atoms with van der Waals surface area (Å²) in [6.45, 7) is 2.72. The molecule has 2 aliphatic rings. The fourth-order valence-corrected chi connectivity index (χ4v) is 3.98. The van der Waals surface area contributed by atoms with Crippen molar-refractivity contribution in [2.75, 3.05) is 26.2 Å². The number of nitrogens with one attached hydrogen (secondary N) is 2. The summed E-state index contributed by atoms with van der Waals surface area (Å²) in [6.07, 6.45) is 8.90. The number of rotatable bonds is 6. The second-order valence-corrected chi connectivity index (χ2v) is 7.66. The van der Waals surface area contributed by atoms with Crippen molar-refractivity contribution >= 4 is 11.8 Å². The van der Waals surface area contributed by atoms with E-state index in [1.165, 1.54) is 0 Å². The predicted molar refractivity (Wildman–Crippen MR) is 95.0 cm³/mol. The van der Waals surface area contributed by atoms with Crippen LogP contribution in [0.2, 0.25) is 0 Å². The molecule has 24 heavy (non-hydrogen) atoms. The maximum absolute atomic E-state index is 11.9. The molecule has 0 aromatic carbocycles. The predicted octanol–water partition coefficient (Wildman–Crippen LogP) is 0.749. The van der Waals surface area contributed by atoms with Gasteiger partial charge in [0.2, 0.25) is 0 Å². The van der Waals surface area contributed by atoms with Crippen molar-refractivity contribution in [2.45, 2.75) is 51.4 Å². The van der Waals surface area contributed by atoms with Gasteiger partial charge >= 0.3 is 11.8 Å². The number of amides is 2. The normalized spacial score (nSPS) is 30.6. The van der Waals surface area contributed by atoms with Crippen molar-refractivity contribution in [1.82, 2.24) is 10.6 Å². The van der Waals surface area contributed by atoms with Crippen LogP contribution in [0.1, 0.15) is 51.4 Å². The molecule has 2 saturated carbocycles. The molecule has 0 saturated heterocycles. The van der Waals surface area contributed by atoms with Crippen LogP contribution in [0.4, 0.5) is 0 Å². The lowest BCUT2D eigenvalue weighted by atomic mass is 9.82. The molecule has 2 aliphatic carbocycles. The van der Waals surface area contributed by atoms with Gasteiger partial charge in [0.1, 0.15) is 0 Å². The zero-order chi connectivity index (χ0) is 17.4. The molecule has 2 fully saturated rings. The van der Waals surface area contributed by atoms with Crippen LogP contribution in [0.5, 0.6) is 0 Å². The quantitative estimate of drug-likeness (QED) is 0.536. The first kappa shape index (κ1) is 19.2. The third-order valence-corrected chi connectivity index (χ3v) is 5.91. The summed E-state index contributed by atoms with van der Waals surface area (Å²) < 4.78 is 0. The van der Waals surface area contributed by atoms with E-state index in [0.717, 1.165) is 64.5 Å². The van der Waals surface area contributed by atoms with Gasteiger partial charge in [0.15, 0.2) is 0 Å². The summed E-state index contributed by atoms with van der Waals surface area (Å²) >= 11 is 0. The topological polar surface area (TPSA) is 110 Å². The second kappa shape index (κ2) is 9.99. The van der Waals surface area contributed by atoms with E-state index in [1.54, 1.807) is 0 Å². The molecule has 0 aliphatic heterocycles. The largest absolute Gasteiger partial charge is 0.348 e. The van der Waals surface area contributed by atoms with Crippen LogP contribution in [0.25, 0.3) is 0 Å². The monoisotopic (exact) mass is 338 g/mol. The van der Waals surface area contributed by atoms with Gasteiger partial charge < -0.3 is 22.1 Å². The molecule has 2 rings (SSSR count). The number of hydrogen-bond acceptors (Lipinski definition) is 4. The Kier molecular flexibility index (Phi) is 7.99. The summed E-state index contributed by atoms with van der Waals surface area (Å²) in [6, 6.07) is 0. The van der Waals surface area contributed by atoms with Crippen LogP contribution in [-0.2, 0) is 9.59 Å². The van der Waals surface area contributed by atoms with E-state index in [-0.39, 0.29) is 0 Å². The van der Waals surface area contributed by atoms with E-state index in [4.69, 9.17) is 11.5 Å². The van der Waals surface area contributed by atoms with Gasteiger partial charge in [0.25, 0.3) is 0 Å². The fourth-order valence-electron chi connectivity index (χ4n) is 3.98. The molecule has 6 N–H and O–H groups in total. The minimum atomic E-state index is -0.494. The molecular weight excluding hydrogens is 304 g/mol. The Hall–Kier alpha value is -1.14. The van der Waals surface area contributed by atoms with Crippen molar-refractivity contribution in [3.63, 3.8) is 0 Å². The molecule has 138 valence electrons. The molecule has 0 radical (unpaired) electrons. The van der Waals surface area contributed by atoms with Gasteiger partial charge in [0.05, 0.1) is 0 Å². The Morgan fingerprint density at radius 3 is 1.21 bits per heavy atom. The van der Waals surface area contributed by atoms with E-state index in [0.29, 0.717) is 36.8 Å². The lowest BCUT2D eigenvalue weighted by molar-refractivity contribution is -0.139. The van der Waals surface area contributed by atoms with Gasteiger partial charge in [-0.2, -0.15) is 0 Å². The molecule has 0 heterocycles. The Labute approximate surface area is 145 Å². The molecule has 6 nitrogen and oxygen atoms in total. The zero-order valence-electron chi connectivity index (χ0n) is 14.8. The Morgan fingerprint density at radius 2 is 0.917 bits per heavy atom. The highest BCUT2D eigenvalue weighted by Gasteiger charge is 2.23. The summed E-state index contributed by atoms with van der Waals surface area (Å²) in [7, 11) is 0. The average molecular weight is 338 g/mol. The third-order valence-electron chi connectivity index (χ3n) is 5.91. The van der Waals surface area contributed by atoms with Crippen LogP contribution >= 0.6 is 0 Å². The molecule has 6 heteroatoms. The third kappa shape index (κ3) is 6.06. The molecule has 0 spiro atoms. The first-order chi connectivity index (χ1) is 11.6. The smallest absolute Gasteiger partial charge is 0.309 e. The Morgan fingerprint density at radius 1 is 0.625 bits per heavy atom. The van der Waals surface area contributed by atoms with Crippen LogP contribution in [0.3, 0.4) is 0 Å². The maximum Gasteiger partial charge on any atom is 0.309 e. The van der Waals surface area contributed by atoms with E-state index in [2.05, 4.69) is 10.6 Å². The Balaban J connectivity index is 1.58. The Bertz CT molecular complexity index is 362. The number of carbonyl (C=O) groups is 2. The van der Waals surface area contributed by atoms with Crippen LogP contribution in [0, 0.1) is 23.7 Å². The van der Waals surface area contributed by atoms with Crippen molar-refractivity contribution in [1.29, 1.82) is 0 Å². The molecule has 0 unspecified atom stereocenters. The molecule has 0 atom stereocenters. The van der Waals surface area contributed by atoms with Crippen LogP contribution in [-0.4, -0.2) is 38.0 Å². The lowest BCUT2D eigenvalue weighted by Gasteiger charge is -2.28. The summed E-state index contributed by atoms with van der Waals surface area (Å²) in [5, 5.41) is 5.58. The lowest BCUT2D eigenvalue weighted by Crippen LogP contribution is -2.44. The van der Waals surface area contributed by atoms with E-state index >= 15 is 0 Å². The van der Waals surface area contributed by atoms with Crippen molar-refractivity contribution < 1.29 is 9.59 Å². The van der Waals surface area contributed by atoms with Gasteiger partial charge in [-0.3, -0.25) is 9.59 Å². The van der Waals surface area contributed by atoms with Crippen LogP contribution < -0.4 is 22.1 Å². The second-order valence-electron chi connectivity index (χ2n) is 7.66. The van der Waals surface area contributed by atoms with Gasteiger partial charge in [-0.05, 0) is 88.1 Å². The van der Waals surface area contributed by atoms with Crippen LogP contribution in [0.15, 0.2) is 0 Å². The fraction of sp³-hybridized carbons (Fsp3) is 0.889. The zero-order valence-corrected chi connectivity index (χ0v) is 14.8. The van der Waals surface area contributed by atoms with Gasteiger partial charge in [-0.15, -0.1) is 0 Å². The number of nitrogens with two attached hydrogens (primary N) is 2. The number of hydrogen-bond donors (Lipinski definition) is 4.